The lowest BCUT2D eigenvalue weighted by Gasteiger charge is -2.22. The molecule has 0 radical (unpaired) electrons. The number of rotatable bonds is 3. The molecular formula is C12H13ClN2O. The van der Waals surface area contributed by atoms with Gasteiger partial charge < -0.3 is 4.90 Å². The second kappa shape index (κ2) is 5.53. The molecule has 1 aromatic rings. The molecule has 1 atom stereocenters. The van der Waals surface area contributed by atoms with E-state index in [2.05, 4.69) is 0 Å². The molecular weight excluding hydrogens is 224 g/mol. The highest BCUT2D eigenvalue weighted by Gasteiger charge is 2.16. The quantitative estimate of drug-likeness (QED) is 0.810. The van der Waals surface area contributed by atoms with Crippen molar-refractivity contribution in [2.24, 2.45) is 0 Å². The van der Waals surface area contributed by atoms with Crippen LogP contribution in [0.2, 0.25) is 5.02 Å². The molecule has 0 N–H and O–H groups in total. The number of hydrogen-bond acceptors (Lipinski definition) is 2. The van der Waals surface area contributed by atoms with Gasteiger partial charge in [-0.05, 0) is 31.2 Å². The largest absolute Gasteiger partial charge is 0.338 e. The number of amides is 1. The molecule has 3 nitrogen and oxygen atoms in total. The molecule has 4 heteroatoms. The molecule has 0 aliphatic heterocycles. The van der Waals surface area contributed by atoms with Crippen molar-refractivity contribution in [1.29, 1.82) is 5.26 Å². The summed E-state index contributed by atoms with van der Waals surface area (Å²) in [5.41, 5.74) is 0.580. The molecule has 0 heterocycles. The van der Waals surface area contributed by atoms with Gasteiger partial charge in [-0.15, -0.1) is 0 Å². The van der Waals surface area contributed by atoms with Crippen molar-refractivity contribution in [2.45, 2.75) is 19.4 Å². The molecule has 0 fully saturated rings. The summed E-state index contributed by atoms with van der Waals surface area (Å²) in [6.07, 6.45) is 0.329. The van der Waals surface area contributed by atoms with Crippen LogP contribution >= 0.6 is 11.6 Å². The molecule has 0 aliphatic rings. The summed E-state index contributed by atoms with van der Waals surface area (Å²) in [5.74, 6) is -0.0978. The van der Waals surface area contributed by atoms with E-state index in [9.17, 15) is 4.79 Å². The Bertz CT molecular complexity index is 408. The standard InChI is InChI=1S/C12H13ClN2O/c1-9(7-8-14)15(2)12(16)10-3-5-11(13)6-4-10/h3-6,9H,7H2,1-2H3. The summed E-state index contributed by atoms with van der Waals surface area (Å²) in [6, 6.07) is 8.68. The summed E-state index contributed by atoms with van der Waals surface area (Å²) in [6.45, 7) is 1.84. The molecule has 0 saturated heterocycles. The van der Waals surface area contributed by atoms with Crippen LogP contribution in [0.15, 0.2) is 24.3 Å². The fourth-order valence-electron chi connectivity index (χ4n) is 1.27. The van der Waals surface area contributed by atoms with Crippen LogP contribution in [0.25, 0.3) is 0 Å². The molecule has 0 aliphatic carbocycles. The number of hydrogen-bond donors (Lipinski definition) is 0. The van der Waals surface area contributed by atoms with Crippen molar-refractivity contribution in [3.8, 4) is 6.07 Å². The smallest absolute Gasteiger partial charge is 0.253 e. The minimum Gasteiger partial charge on any atom is -0.338 e. The molecule has 0 saturated carbocycles. The fourth-order valence-corrected chi connectivity index (χ4v) is 1.39. The maximum atomic E-state index is 11.9. The van der Waals surface area contributed by atoms with Crippen LogP contribution in [0, 0.1) is 11.3 Å². The third kappa shape index (κ3) is 2.98. The Hall–Kier alpha value is -1.53. The molecule has 1 amide bonds. The first-order valence-electron chi connectivity index (χ1n) is 4.96. The van der Waals surface area contributed by atoms with E-state index in [0.29, 0.717) is 17.0 Å². The summed E-state index contributed by atoms with van der Waals surface area (Å²) < 4.78 is 0. The van der Waals surface area contributed by atoms with Gasteiger partial charge in [0.15, 0.2) is 0 Å². The zero-order chi connectivity index (χ0) is 12.1. The first-order valence-corrected chi connectivity index (χ1v) is 5.33. The third-order valence-corrected chi connectivity index (χ3v) is 2.71. The summed E-state index contributed by atoms with van der Waals surface area (Å²) in [5, 5.41) is 9.17. The van der Waals surface area contributed by atoms with E-state index in [1.54, 1.807) is 36.2 Å². The Morgan fingerprint density at radius 3 is 2.56 bits per heavy atom. The van der Waals surface area contributed by atoms with Gasteiger partial charge >= 0.3 is 0 Å². The Balaban J connectivity index is 2.78. The van der Waals surface area contributed by atoms with Crippen LogP contribution in [0.1, 0.15) is 23.7 Å². The van der Waals surface area contributed by atoms with E-state index < -0.39 is 0 Å². The maximum absolute atomic E-state index is 11.9. The second-order valence-electron chi connectivity index (χ2n) is 3.63. The van der Waals surface area contributed by atoms with E-state index in [1.165, 1.54) is 0 Å². The maximum Gasteiger partial charge on any atom is 0.253 e. The van der Waals surface area contributed by atoms with Crippen molar-refractivity contribution >= 4 is 17.5 Å². The van der Waals surface area contributed by atoms with Crippen molar-refractivity contribution in [1.82, 2.24) is 4.90 Å². The Morgan fingerprint density at radius 1 is 1.50 bits per heavy atom. The number of nitriles is 1. The average molecular weight is 237 g/mol. The second-order valence-corrected chi connectivity index (χ2v) is 4.07. The van der Waals surface area contributed by atoms with Crippen LogP contribution in [0.3, 0.4) is 0 Å². The topological polar surface area (TPSA) is 44.1 Å². The lowest BCUT2D eigenvalue weighted by Crippen LogP contribution is -2.34. The summed E-state index contributed by atoms with van der Waals surface area (Å²) in [7, 11) is 1.69. The van der Waals surface area contributed by atoms with Gasteiger partial charge in [0.25, 0.3) is 5.91 Å². The lowest BCUT2D eigenvalue weighted by atomic mass is 10.1. The van der Waals surface area contributed by atoms with Gasteiger partial charge in [0, 0.05) is 23.7 Å². The van der Waals surface area contributed by atoms with Crippen LogP contribution in [0.5, 0.6) is 0 Å². The highest BCUT2D eigenvalue weighted by atomic mass is 35.5. The minimum absolute atomic E-state index is 0.0896. The third-order valence-electron chi connectivity index (χ3n) is 2.46. The predicted molar refractivity (Wildman–Crippen MR) is 63.2 cm³/mol. The molecule has 0 spiro atoms. The number of benzene rings is 1. The van der Waals surface area contributed by atoms with Crippen molar-refractivity contribution in [2.75, 3.05) is 7.05 Å². The molecule has 16 heavy (non-hydrogen) atoms. The Kier molecular flexibility index (Phi) is 4.33. The number of carbonyl (C=O) groups is 1. The van der Waals surface area contributed by atoms with Gasteiger partial charge in [0.1, 0.15) is 0 Å². The highest BCUT2D eigenvalue weighted by molar-refractivity contribution is 6.30. The average Bonchev–Trinajstić information content (AvgIpc) is 2.28. The molecule has 84 valence electrons. The first-order chi connectivity index (χ1) is 7.56. The van der Waals surface area contributed by atoms with Crippen molar-refractivity contribution in [3.05, 3.63) is 34.9 Å². The van der Waals surface area contributed by atoms with Gasteiger partial charge in [0.2, 0.25) is 0 Å². The van der Waals surface area contributed by atoms with Gasteiger partial charge in [-0.2, -0.15) is 5.26 Å². The SMILES string of the molecule is CC(CC#N)N(C)C(=O)c1ccc(Cl)cc1. The zero-order valence-corrected chi connectivity index (χ0v) is 10.0. The number of nitrogens with zero attached hydrogens (tertiary/aromatic N) is 2. The van der Waals surface area contributed by atoms with Crippen LogP contribution in [-0.4, -0.2) is 23.9 Å². The van der Waals surface area contributed by atoms with E-state index in [0.717, 1.165) is 0 Å². The van der Waals surface area contributed by atoms with Crippen LogP contribution < -0.4 is 0 Å². The van der Waals surface area contributed by atoms with Gasteiger partial charge in [-0.3, -0.25) is 4.79 Å². The predicted octanol–water partition coefficient (Wildman–Crippen LogP) is 2.71. The van der Waals surface area contributed by atoms with E-state index in [-0.39, 0.29) is 11.9 Å². The van der Waals surface area contributed by atoms with E-state index >= 15 is 0 Å². The van der Waals surface area contributed by atoms with Gasteiger partial charge in [0.05, 0.1) is 12.5 Å². The molecule has 0 aromatic heterocycles. The van der Waals surface area contributed by atoms with E-state index in [1.807, 2.05) is 13.0 Å². The Labute approximate surface area is 100 Å². The molecule has 0 bridgehead atoms. The van der Waals surface area contributed by atoms with Crippen molar-refractivity contribution in [3.63, 3.8) is 0 Å². The van der Waals surface area contributed by atoms with E-state index in [4.69, 9.17) is 16.9 Å². The first kappa shape index (κ1) is 12.5. The minimum atomic E-state index is -0.0978. The normalized spacial score (nSPS) is 11.6. The van der Waals surface area contributed by atoms with Gasteiger partial charge in [-0.25, -0.2) is 0 Å². The highest BCUT2D eigenvalue weighted by Crippen LogP contribution is 2.12. The van der Waals surface area contributed by atoms with Gasteiger partial charge in [-0.1, -0.05) is 11.6 Å². The number of halogens is 1. The Morgan fingerprint density at radius 2 is 2.06 bits per heavy atom. The molecule has 1 rings (SSSR count). The number of carbonyl (C=O) groups excluding carboxylic acids is 1. The van der Waals surface area contributed by atoms with Crippen LogP contribution in [-0.2, 0) is 0 Å². The van der Waals surface area contributed by atoms with Crippen LogP contribution in [0.4, 0.5) is 0 Å². The summed E-state index contributed by atoms with van der Waals surface area (Å²) in [4.78, 5) is 13.5. The fraction of sp³-hybridized carbons (Fsp3) is 0.333. The van der Waals surface area contributed by atoms with Crippen molar-refractivity contribution < 1.29 is 4.79 Å². The summed E-state index contributed by atoms with van der Waals surface area (Å²) >= 11 is 5.74. The lowest BCUT2D eigenvalue weighted by molar-refractivity contribution is 0.0746. The zero-order valence-electron chi connectivity index (χ0n) is 9.27. The molecule has 1 unspecified atom stereocenters. The molecule has 1 aromatic carbocycles. The monoisotopic (exact) mass is 236 g/mol.